The van der Waals surface area contributed by atoms with Crippen LogP contribution in [-0.2, 0) is 35.1 Å². The zero-order chi connectivity index (χ0) is 36.2. The Kier molecular flexibility index (Phi) is 9.52. The summed E-state index contributed by atoms with van der Waals surface area (Å²) in [5.74, 6) is -1.19. The number of carbonyl (C=O) groups is 4. The van der Waals surface area contributed by atoms with E-state index in [0.717, 1.165) is 35.1 Å². The summed E-state index contributed by atoms with van der Waals surface area (Å²) in [4.78, 5) is 50.6. The first-order chi connectivity index (χ1) is 24.3. The van der Waals surface area contributed by atoms with Gasteiger partial charge in [-0.3, -0.25) is 19.2 Å². The second-order valence-electron chi connectivity index (χ2n) is 15.7. The minimum atomic E-state index is -1.39. The zero-order valence-corrected chi connectivity index (χ0v) is 29.4. The molecule has 270 valence electrons. The van der Waals surface area contributed by atoms with E-state index < -0.39 is 53.9 Å². The SMILES string of the molecule is C[C@H](N)C(=O)C[C@@H](C)C(=O)Nc1cccc(Cc2ccc([C@@H]3O[C@@H]4C[C@H]5[C@@H]6CCC7=CC(=O)C=CC7[C@H]6[C@@H](O)C[C@]5(C)[C@]4(C(=O)CO)O3)cc2)c1. The summed E-state index contributed by atoms with van der Waals surface area (Å²) in [6, 6.07) is 14.8. The number of fused-ring (bicyclic) bond motifs is 7. The van der Waals surface area contributed by atoms with Gasteiger partial charge in [-0.05, 0) is 92.2 Å². The first-order valence-corrected chi connectivity index (χ1v) is 18.2. The van der Waals surface area contributed by atoms with Crippen LogP contribution in [0.2, 0.25) is 0 Å². The van der Waals surface area contributed by atoms with Gasteiger partial charge in [0.05, 0.1) is 18.2 Å². The molecule has 1 saturated heterocycles. The molecule has 3 saturated carbocycles. The van der Waals surface area contributed by atoms with E-state index in [2.05, 4.69) is 5.32 Å². The third-order valence-corrected chi connectivity index (χ3v) is 12.5. The number of aliphatic hydroxyl groups is 2. The minimum absolute atomic E-state index is 0.00591. The van der Waals surface area contributed by atoms with Crippen LogP contribution >= 0.6 is 0 Å². The molecule has 1 aliphatic heterocycles. The smallest absolute Gasteiger partial charge is 0.227 e. The fourth-order valence-electron chi connectivity index (χ4n) is 10.0. The molecule has 5 N–H and O–H groups in total. The van der Waals surface area contributed by atoms with E-state index in [1.54, 1.807) is 26.0 Å². The van der Waals surface area contributed by atoms with Gasteiger partial charge in [-0.15, -0.1) is 0 Å². The fourth-order valence-corrected chi connectivity index (χ4v) is 10.0. The van der Waals surface area contributed by atoms with Crippen molar-refractivity contribution in [1.82, 2.24) is 0 Å². The van der Waals surface area contributed by atoms with Gasteiger partial charge in [0.1, 0.15) is 12.4 Å². The van der Waals surface area contributed by atoms with Gasteiger partial charge in [-0.1, -0.05) is 61.9 Å². The van der Waals surface area contributed by atoms with E-state index in [-0.39, 0.29) is 47.6 Å². The highest BCUT2D eigenvalue weighted by atomic mass is 16.7. The van der Waals surface area contributed by atoms with E-state index in [1.807, 2.05) is 61.5 Å². The van der Waals surface area contributed by atoms with Crippen molar-refractivity contribution in [3.63, 3.8) is 0 Å². The summed E-state index contributed by atoms with van der Waals surface area (Å²) in [7, 11) is 0. The Bertz CT molecular complexity index is 1780. The molecule has 2 aromatic carbocycles. The van der Waals surface area contributed by atoms with Gasteiger partial charge in [0.2, 0.25) is 5.91 Å². The van der Waals surface area contributed by atoms with Crippen molar-refractivity contribution in [3.05, 3.63) is 89.0 Å². The maximum atomic E-state index is 13.8. The second kappa shape index (κ2) is 13.6. The van der Waals surface area contributed by atoms with E-state index in [0.29, 0.717) is 24.9 Å². The van der Waals surface area contributed by atoms with Gasteiger partial charge in [-0.2, -0.15) is 0 Å². The highest BCUT2D eigenvalue weighted by molar-refractivity contribution is 6.01. The van der Waals surface area contributed by atoms with Crippen LogP contribution in [0.1, 0.15) is 75.9 Å². The Morgan fingerprint density at radius 2 is 1.86 bits per heavy atom. The van der Waals surface area contributed by atoms with Crippen molar-refractivity contribution < 1.29 is 38.9 Å². The van der Waals surface area contributed by atoms with Crippen molar-refractivity contribution in [1.29, 1.82) is 0 Å². The Morgan fingerprint density at radius 1 is 1.10 bits per heavy atom. The average Bonchev–Trinajstić information content (AvgIpc) is 3.61. The molecule has 7 rings (SSSR count). The number of rotatable bonds is 10. The van der Waals surface area contributed by atoms with Crippen LogP contribution in [0.5, 0.6) is 0 Å². The van der Waals surface area contributed by atoms with Gasteiger partial charge >= 0.3 is 0 Å². The Labute approximate surface area is 298 Å². The predicted molar refractivity (Wildman–Crippen MR) is 189 cm³/mol. The molecule has 2 aromatic rings. The molecular weight excluding hydrogens is 648 g/mol. The van der Waals surface area contributed by atoms with Crippen molar-refractivity contribution in [2.45, 2.75) is 89.4 Å². The lowest BCUT2D eigenvalue weighted by atomic mass is 9.49. The number of amides is 1. The first kappa shape index (κ1) is 35.6. The summed E-state index contributed by atoms with van der Waals surface area (Å²) in [6.07, 6.45) is 6.40. The number of aliphatic hydroxyl groups excluding tert-OH is 2. The number of anilines is 1. The van der Waals surface area contributed by atoms with Crippen molar-refractivity contribution >= 4 is 28.9 Å². The molecule has 0 bridgehead atoms. The summed E-state index contributed by atoms with van der Waals surface area (Å²) < 4.78 is 13.3. The minimum Gasteiger partial charge on any atom is -0.393 e. The number of hydrogen-bond acceptors (Lipinski definition) is 9. The molecule has 5 aliphatic rings. The lowest BCUT2D eigenvalue weighted by Gasteiger charge is -2.56. The number of ether oxygens (including phenoxy) is 2. The Hall–Kier alpha value is -3.80. The summed E-state index contributed by atoms with van der Waals surface area (Å²) in [5.41, 5.74) is 8.01. The zero-order valence-electron chi connectivity index (χ0n) is 29.4. The third kappa shape index (κ3) is 6.14. The fraction of sp³-hybridized carbons (Fsp3) is 0.512. The van der Waals surface area contributed by atoms with E-state index in [4.69, 9.17) is 15.2 Å². The lowest BCUT2D eigenvalue weighted by molar-refractivity contribution is -0.197. The Morgan fingerprint density at radius 3 is 2.59 bits per heavy atom. The number of Topliss-reactive ketones (excluding diaryl/α,β-unsaturated/α-hetero) is 2. The van der Waals surface area contributed by atoms with Gasteiger partial charge in [-0.25, -0.2) is 0 Å². The number of nitrogens with one attached hydrogen (secondary N) is 1. The number of carbonyl (C=O) groups excluding carboxylic acids is 4. The summed E-state index contributed by atoms with van der Waals surface area (Å²) in [5, 5.41) is 24.9. The van der Waals surface area contributed by atoms with Gasteiger partial charge in [0.25, 0.3) is 0 Å². The van der Waals surface area contributed by atoms with Gasteiger partial charge < -0.3 is 30.7 Å². The average molecular weight is 697 g/mol. The number of ketones is 3. The highest BCUT2D eigenvalue weighted by Crippen LogP contribution is 2.69. The maximum absolute atomic E-state index is 13.8. The molecule has 1 heterocycles. The normalized spacial score (nSPS) is 34.7. The van der Waals surface area contributed by atoms with Crippen LogP contribution in [0, 0.1) is 35.0 Å². The van der Waals surface area contributed by atoms with E-state index in [1.165, 1.54) is 0 Å². The molecule has 0 aromatic heterocycles. The number of benzene rings is 2. The van der Waals surface area contributed by atoms with Crippen molar-refractivity contribution in [2.75, 3.05) is 11.9 Å². The van der Waals surface area contributed by atoms with Crippen molar-refractivity contribution in [3.8, 4) is 0 Å². The maximum Gasteiger partial charge on any atom is 0.227 e. The van der Waals surface area contributed by atoms with Crippen molar-refractivity contribution in [2.24, 2.45) is 40.7 Å². The third-order valence-electron chi connectivity index (χ3n) is 12.5. The molecule has 4 fully saturated rings. The molecule has 11 atom stereocenters. The number of nitrogens with two attached hydrogens (primary N) is 1. The van der Waals surface area contributed by atoms with Crippen LogP contribution in [0.25, 0.3) is 0 Å². The molecule has 0 spiro atoms. The largest absolute Gasteiger partial charge is 0.393 e. The number of hydrogen-bond donors (Lipinski definition) is 4. The second-order valence-corrected chi connectivity index (χ2v) is 15.7. The topological polar surface area (TPSA) is 165 Å². The predicted octanol–water partition coefficient (Wildman–Crippen LogP) is 4.37. The van der Waals surface area contributed by atoms with Crippen LogP contribution in [-0.4, -0.2) is 63.9 Å². The van der Waals surface area contributed by atoms with Crippen LogP contribution in [0.4, 0.5) is 5.69 Å². The monoisotopic (exact) mass is 696 g/mol. The lowest BCUT2D eigenvalue weighted by Crippen LogP contribution is -2.62. The van der Waals surface area contributed by atoms with Crippen LogP contribution in [0.3, 0.4) is 0 Å². The highest BCUT2D eigenvalue weighted by Gasteiger charge is 2.75. The van der Waals surface area contributed by atoms with E-state index in [9.17, 15) is 29.4 Å². The van der Waals surface area contributed by atoms with Gasteiger partial charge in [0.15, 0.2) is 23.5 Å². The summed E-state index contributed by atoms with van der Waals surface area (Å²) >= 11 is 0. The molecule has 4 aliphatic carbocycles. The molecule has 10 nitrogen and oxygen atoms in total. The first-order valence-electron chi connectivity index (χ1n) is 18.2. The molecule has 0 radical (unpaired) electrons. The van der Waals surface area contributed by atoms with Crippen LogP contribution in [0.15, 0.2) is 72.3 Å². The van der Waals surface area contributed by atoms with Gasteiger partial charge in [0, 0.05) is 34.9 Å². The standard InChI is InChI=1S/C41H48N2O8/c1-22(15-33(46)23(2)42)38(49)43-28-6-4-5-25(17-28)16-24-7-9-26(10-8-24)39-50-36-19-32-31-13-11-27-18-29(45)12-14-30(27)37(31)34(47)20-40(32,3)41(36,51-39)35(48)21-44/h4-10,12,14,17-18,22-23,30-32,34,36-37,39,44,47H,11,13,15-16,19-21,42H2,1-3H3,(H,43,49)/t22-,23+,30?,31+,32+,34+,36-,37-,39-,40+,41-/m1/s1. The molecule has 1 amide bonds. The molecule has 10 heteroatoms. The number of allylic oxidation sites excluding steroid dienone is 4. The molecule has 1 unspecified atom stereocenters. The quantitative estimate of drug-likeness (QED) is 0.282. The summed E-state index contributed by atoms with van der Waals surface area (Å²) in [6.45, 7) is 4.68. The molecule has 51 heavy (non-hydrogen) atoms. The Balaban J connectivity index is 1.05. The van der Waals surface area contributed by atoms with E-state index >= 15 is 0 Å². The van der Waals surface area contributed by atoms with Crippen LogP contribution < -0.4 is 11.1 Å². The molecular formula is C41H48N2O8.